The summed E-state index contributed by atoms with van der Waals surface area (Å²) in [6.45, 7) is 2.91. The smallest absolute Gasteiger partial charge is 0.123 e. The Balaban J connectivity index is 1.80. The third kappa shape index (κ3) is 6.38. The van der Waals surface area contributed by atoms with Crippen LogP contribution in [0, 0.1) is 11.6 Å². The van der Waals surface area contributed by atoms with Gasteiger partial charge in [-0.1, -0.05) is 43.3 Å². The van der Waals surface area contributed by atoms with Crippen molar-refractivity contribution in [2.24, 2.45) is 5.73 Å². The molecule has 3 N–H and O–H groups in total. The summed E-state index contributed by atoms with van der Waals surface area (Å²) in [5, 5.41) is 3.27. The van der Waals surface area contributed by atoms with Crippen LogP contribution in [-0.4, -0.2) is 6.17 Å². The number of benzene rings is 3. The molecule has 0 radical (unpaired) electrons. The van der Waals surface area contributed by atoms with Gasteiger partial charge in [0, 0.05) is 13.0 Å². The van der Waals surface area contributed by atoms with Crippen molar-refractivity contribution in [2.75, 3.05) is 0 Å². The average Bonchev–Trinajstić information content (AvgIpc) is 2.71. The van der Waals surface area contributed by atoms with Gasteiger partial charge in [0.15, 0.2) is 0 Å². The minimum Gasteiger partial charge on any atom is -0.489 e. The van der Waals surface area contributed by atoms with E-state index in [0.29, 0.717) is 18.7 Å². The molecule has 0 amide bonds. The molecule has 5 heteroatoms. The zero-order valence-electron chi connectivity index (χ0n) is 16.5. The second-order valence-electron chi connectivity index (χ2n) is 7.06. The SMILES string of the molecule is CCC(N)NCc1ccc(OCc2cccc(F)c2)c(Cc2cccc(F)c2)c1. The monoisotopic (exact) mass is 396 g/mol. The number of hydrogen-bond donors (Lipinski definition) is 2. The van der Waals surface area contributed by atoms with Crippen molar-refractivity contribution in [2.45, 2.75) is 39.1 Å². The minimum atomic E-state index is -0.292. The Morgan fingerprint density at radius 2 is 1.59 bits per heavy atom. The van der Waals surface area contributed by atoms with E-state index in [9.17, 15) is 8.78 Å². The topological polar surface area (TPSA) is 47.3 Å². The largest absolute Gasteiger partial charge is 0.489 e. The van der Waals surface area contributed by atoms with Crippen LogP contribution in [0.4, 0.5) is 8.78 Å². The molecule has 3 aromatic rings. The van der Waals surface area contributed by atoms with Gasteiger partial charge in [-0.15, -0.1) is 0 Å². The fourth-order valence-electron chi connectivity index (χ4n) is 3.07. The van der Waals surface area contributed by atoms with Crippen LogP contribution in [-0.2, 0) is 19.6 Å². The average molecular weight is 396 g/mol. The number of ether oxygens (including phenoxy) is 1. The van der Waals surface area contributed by atoms with Crippen molar-refractivity contribution >= 4 is 0 Å². The zero-order chi connectivity index (χ0) is 20.6. The molecule has 1 atom stereocenters. The third-order valence-electron chi connectivity index (χ3n) is 4.70. The normalized spacial score (nSPS) is 12.0. The Bertz CT molecular complexity index is 946. The lowest BCUT2D eigenvalue weighted by Crippen LogP contribution is -2.35. The van der Waals surface area contributed by atoms with E-state index in [1.165, 1.54) is 24.3 Å². The summed E-state index contributed by atoms with van der Waals surface area (Å²) in [6, 6.07) is 18.8. The van der Waals surface area contributed by atoms with Gasteiger partial charge in [-0.3, -0.25) is 5.32 Å². The Kier molecular flexibility index (Phi) is 7.33. The van der Waals surface area contributed by atoms with Crippen molar-refractivity contribution in [3.63, 3.8) is 0 Å². The van der Waals surface area contributed by atoms with Crippen molar-refractivity contribution in [3.8, 4) is 5.75 Å². The lowest BCUT2D eigenvalue weighted by Gasteiger charge is -2.16. The first-order valence-electron chi connectivity index (χ1n) is 9.76. The van der Waals surface area contributed by atoms with Gasteiger partial charge in [0.1, 0.15) is 24.0 Å². The van der Waals surface area contributed by atoms with E-state index in [0.717, 1.165) is 28.7 Å². The molecule has 3 aromatic carbocycles. The highest BCUT2D eigenvalue weighted by Crippen LogP contribution is 2.25. The molecule has 0 spiro atoms. The van der Waals surface area contributed by atoms with E-state index in [1.54, 1.807) is 12.1 Å². The molecule has 0 bridgehead atoms. The predicted octanol–water partition coefficient (Wildman–Crippen LogP) is 4.92. The van der Waals surface area contributed by atoms with Crippen molar-refractivity contribution in [1.82, 2.24) is 5.32 Å². The summed E-state index contributed by atoms with van der Waals surface area (Å²) < 4.78 is 33.0. The van der Waals surface area contributed by atoms with Crippen LogP contribution in [0.15, 0.2) is 66.7 Å². The number of nitrogens with one attached hydrogen (secondary N) is 1. The van der Waals surface area contributed by atoms with Gasteiger partial charge < -0.3 is 10.5 Å². The molecule has 0 saturated heterocycles. The molecule has 29 heavy (non-hydrogen) atoms. The van der Waals surface area contributed by atoms with E-state index in [-0.39, 0.29) is 24.4 Å². The third-order valence-corrected chi connectivity index (χ3v) is 4.70. The molecule has 0 heterocycles. The summed E-state index contributed by atoms with van der Waals surface area (Å²) in [6.07, 6.45) is 1.31. The van der Waals surface area contributed by atoms with Gasteiger partial charge >= 0.3 is 0 Å². The van der Waals surface area contributed by atoms with Crippen LogP contribution in [0.2, 0.25) is 0 Å². The molecule has 1 unspecified atom stereocenters. The molecule has 0 aliphatic rings. The number of hydrogen-bond acceptors (Lipinski definition) is 3. The Labute approximate surface area is 170 Å². The molecule has 0 aliphatic carbocycles. The van der Waals surface area contributed by atoms with Crippen LogP contribution in [0.3, 0.4) is 0 Å². The van der Waals surface area contributed by atoms with Gasteiger partial charge in [-0.05, 0) is 59.0 Å². The first-order chi connectivity index (χ1) is 14.0. The van der Waals surface area contributed by atoms with Crippen LogP contribution in [0.25, 0.3) is 0 Å². The maximum atomic E-state index is 13.6. The molecule has 0 saturated carbocycles. The van der Waals surface area contributed by atoms with E-state index in [4.69, 9.17) is 10.5 Å². The first-order valence-corrected chi connectivity index (χ1v) is 9.76. The maximum Gasteiger partial charge on any atom is 0.123 e. The second kappa shape index (κ2) is 10.1. The van der Waals surface area contributed by atoms with Gasteiger partial charge in [0.25, 0.3) is 0 Å². The van der Waals surface area contributed by atoms with Crippen LogP contribution >= 0.6 is 0 Å². The van der Waals surface area contributed by atoms with Crippen LogP contribution in [0.1, 0.15) is 35.6 Å². The standard InChI is InChI=1S/C24H26F2N2O/c1-2-24(27)28-15-18-9-10-23(29-16-19-6-4-8-22(26)14-19)20(12-18)11-17-5-3-7-21(25)13-17/h3-10,12-14,24,28H,2,11,15-16,27H2,1H3. The summed E-state index contributed by atoms with van der Waals surface area (Å²) >= 11 is 0. The van der Waals surface area contributed by atoms with E-state index >= 15 is 0 Å². The Morgan fingerprint density at radius 1 is 0.897 bits per heavy atom. The van der Waals surface area contributed by atoms with Crippen molar-refractivity contribution in [3.05, 3.63) is 101 Å². The van der Waals surface area contributed by atoms with Crippen molar-refractivity contribution in [1.29, 1.82) is 0 Å². The summed E-state index contributed by atoms with van der Waals surface area (Å²) in [7, 11) is 0. The molecule has 3 rings (SSSR count). The highest BCUT2D eigenvalue weighted by Gasteiger charge is 2.09. The van der Waals surface area contributed by atoms with E-state index < -0.39 is 0 Å². The molecule has 3 nitrogen and oxygen atoms in total. The van der Waals surface area contributed by atoms with Crippen LogP contribution < -0.4 is 15.8 Å². The summed E-state index contributed by atoms with van der Waals surface area (Å²) in [4.78, 5) is 0. The van der Waals surface area contributed by atoms with Gasteiger partial charge in [-0.2, -0.15) is 0 Å². The highest BCUT2D eigenvalue weighted by molar-refractivity contribution is 5.41. The minimum absolute atomic E-state index is 0.0643. The van der Waals surface area contributed by atoms with Gasteiger partial charge in [0.05, 0.1) is 6.17 Å². The first kappa shape index (κ1) is 21.0. The Morgan fingerprint density at radius 3 is 2.28 bits per heavy atom. The fourth-order valence-corrected chi connectivity index (χ4v) is 3.07. The summed E-state index contributed by atoms with van der Waals surface area (Å²) in [5.74, 6) is 0.137. The molecule has 152 valence electrons. The summed E-state index contributed by atoms with van der Waals surface area (Å²) in [5.41, 5.74) is 9.56. The zero-order valence-corrected chi connectivity index (χ0v) is 16.5. The maximum absolute atomic E-state index is 13.6. The highest BCUT2D eigenvalue weighted by atomic mass is 19.1. The van der Waals surface area contributed by atoms with Crippen molar-refractivity contribution < 1.29 is 13.5 Å². The quantitative estimate of drug-likeness (QED) is 0.505. The van der Waals surface area contributed by atoms with Gasteiger partial charge in [-0.25, -0.2) is 8.78 Å². The number of halogens is 2. The second-order valence-corrected chi connectivity index (χ2v) is 7.06. The molecule has 0 fully saturated rings. The lowest BCUT2D eigenvalue weighted by molar-refractivity contribution is 0.302. The number of rotatable bonds is 9. The number of nitrogens with two attached hydrogens (primary N) is 1. The Hall–Kier alpha value is -2.76. The predicted molar refractivity (Wildman–Crippen MR) is 111 cm³/mol. The van der Waals surface area contributed by atoms with E-state index in [2.05, 4.69) is 5.32 Å². The lowest BCUT2D eigenvalue weighted by atomic mass is 10.0. The fraction of sp³-hybridized carbons (Fsp3) is 0.250. The molecular weight excluding hydrogens is 370 g/mol. The van der Waals surface area contributed by atoms with E-state index in [1.807, 2.05) is 37.3 Å². The molecule has 0 aromatic heterocycles. The molecular formula is C24H26F2N2O. The van der Waals surface area contributed by atoms with Gasteiger partial charge in [0.2, 0.25) is 0 Å². The molecule has 0 aliphatic heterocycles. The van der Waals surface area contributed by atoms with Crippen LogP contribution in [0.5, 0.6) is 5.75 Å².